The van der Waals surface area contributed by atoms with Crippen molar-refractivity contribution in [2.75, 3.05) is 19.8 Å². The molecule has 7 heteroatoms. The van der Waals surface area contributed by atoms with Crippen LogP contribution in [0.1, 0.15) is 18.4 Å². The van der Waals surface area contributed by atoms with E-state index in [-0.39, 0.29) is 18.6 Å². The van der Waals surface area contributed by atoms with Crippen molar-refractivity contribution in [1.82, 2.24) is 5.32 Å². The van der Waals surface area contributed by atoms with Crippen molar-refractivity contribution in [1.29, 1.82) is 0 Å². The highest BCUT2D eigenvalue weighted by Gasteiger charge is 2.16. The average molecular weight is 407 g/mol. The van der Waals surface area contributed by atoms with Gasteiger partial charge in [-0.05, 0) is 60.9 Å². The number of carbonyl (C=O) groups is 1. The summed E-state index contributed by atoms with van der Waals surface area (Å²) in [5.74, 6) is 0.463. The Bertz CT molecular complexity index is 803. The Hall–Kier alpha value is -2.08. The Morgan fingerprint density at radius 1 is 1.22 bits per heavy atom. The number of hydrogen-bond acceptors (Lipinski definition) is 4. The second kappa shape index (κ2) is 9.74. The molecule has 0 saturated carbocycles. The fraction of sp³-hybridized carbons (Fsp3) is 0.300. The van der Waals surface area contributed by atoms with Crippen molar-refractivity contribution in [3.63, 3.8) is 0 Å². The highest BCUT2D eigenvalue weighted by atomic mass is 35.5. The van der Waals surface area contributed by atoms with Crippen molar-refractivity contribution in [3.8, 4) is 5.75 Å². The van der Waals surface area contributed by atoms with E-state index < -0.39 is 0 Å². The molecule has 1 N–H and O–H groups in total. The van der Waals surface area contributed by atoms with Crippen molar-refractivity contribution >= 4 is 41.0 Å². The van der Waals surface area contributed by atoms with E-state index in [1.807, 2.05) is 12.1 Å². The molecule has 1 atom stereocenters. The molecule has 1 aliphatic rings. The fourth-order valence-corrected chi connectivity index (χ4v) is 2.89. The number of nitrogens with one attached hydrogen (secondary N) is 1. The maximum absolute atomic E-state index is 11.8. The lowest BCUT2D eigenvalue weighted by Crippen LogP contribution is -2.35. The summed E-state index contributed by atoms with van der Waals surface area (Å²) in [6.45, 7) is 1.29. The Kier molecular flexibility index (Phi) is 7.10. The van der Waals surface area contributed by atoms with Crippen LogP contribution < -0.4 is 10.1 Å². The minimum absolute atomic E-state index is 0.0244. The monoisotopic (exact) mass is 406 g/mol. The smallest absolute Gasteiger partial charge is 0.258 e. The first-order chi connectivity index (χ1) is 13.1. The molecule has 0 aromatic heterocycles. The van der Waals surface area contributed by atoms with Crippen molar-refractivity contribution in [2.24, 2.45) is 4.99 Å². The predicted octanol–water partition coefficient (Wildman–Crippen LogP) is 4.42. The van der Waals surface area contributed by atoms with Gasteiger partial charge in [0.25, 0.3) is 5.91 Å². The number of carbonyl (C=O) groups excluding carboxylic acids is 1. The minimum atomic E-state index is -0.157. The van der Waals surface area contributed by atoms with Gasteiger partial charge in [-0.15, -0.1) is 0 Å². The third-order valence-corrected chi connectivity index (χ3v) is 4.81. The molecule has 2 aromatic carbocycles. The van der Waals surface area contributed by atoms with E-state index in [0.29, 0.717) is 28.0 Å². The molecule has 2 aromatic rings. The van der Waals surface area contributed by atoms with Crippen LogP contribution in [-0.4, -0.2) is 38.0 Å². The lowest BCUT2D eigenvalue weighted by Gasteiger charge is -2.11. The second-order valence-corrected chi connectivity index (χ2v) is 6.97. The minimum Gasteiger partial charge on any atom is -0.484 e. The number of rotatable bonds is 7. The summed E-state index contributed by atoms with van der Waals surface area (Å²) in [6.07, 6.45) is 3.89. The zero-order valence-electron chi connectivity index (χ0n) is 14.7. The lowest BCUT2D eigenvalue weighted by atomic mass is 10.2. The van der Waals surface area contributed by atoms with Crippen molar-refractivity contribution < 1.29 is 14.3 Å². The van der Waals surface area contributed by atoms with Gasteiger partial charge in [0.05, 0.1) is 21.8 Å². The van der Waals surface area contributed by atoms with Gasteiger partial charge in [-0.3, -0.25) is 9.79 Å². The summed E-state index contributed by atoms with van der Waals surface area (Å²) in [5, 5.41) is 3.79. The van der Waals surface area contributed by atoms with Gasteiger partial charge >= 0.3 is 0 Å². The summed E-state index contributed by atoms with van der Waals surface area (Å²) in [4.78, 5) is 16.2. The van der Waals surface area contributed by atoms with Gasteiger partial charge < -0.3 is 14.8 Å². The van der Waals surface area contributed by atoms with Gasteiger partial charge in [0.15, 0.2) is 6.61 Å². The van der Waals surface area contributed by atoms with Gasteiger partial charge in [-0.25, -0.2) is 0 Å². The van der Waals surface area contributed by atoms with E-state index in [2.05, 4.69) is 10.3 Å². The molecule has 1 fully saturated rings. The number of ether oxygens (including phenoxy) is 2. The molecule has 5 nitrogen and oxygen atoms in total. The third-order valence-electron chi connectivity index (χ3n) is 4.07. The molecule has 0 aliphatic carbocycles. The van der Waals surface area contributed by atoms with Crippen LogP contribution in [0.4, 0.5) is 5.69 Å². The zero-order valence-corrected chi connectivity index (χ0v) is 16.2. The third kappa shape index (κ3) is 6.24. The van der Waals surface area contributed by atoms with Gasteiger partial charge in [-0.1, -0.05) is 23.2 Å². The molecule has 142 valence electrons. The van der Waals surface area contributed by atoms with Crippen LogP contribution in [0.3, 0.4) is 0 Å². The number of amides is 1. The first kappa shape index (κ1) is 19.7. The summed E-state index contributed by atoms with van der Waals surface area (Å²) in [7, 11) is 0. The van der Waals surface area contributed by atoms with Crippen LogP contribution in [0.2, 0.25) is 10.0 Å². The van der Waals surface area contributed by atoms with E-state index in [0.717, 1.165) is 25.0 Å². The van der Waals surface area contributed by atoms with E-state index in [1.54, 1.807) is 36.5 Å². The van der Waals surface area contributed by atoms with E-state index in [9.17, 15) is 4.79 Å². The SMILES string of the molecule is O=C(COc1ccc(C=Nc2ccc(Cl)c(Cl)c2)cc1)NC[C@@H]1CCCO1. The summed E-state index contributed by atoms with van der Waals surface area (Å²) in [6, 6.07) is 12.5. The van der Waals surface area contributed by atoms with Crippen LogP contribution in [0.5, 0.6) is 5.75 Å². The normalized spacial score (nSPS) is 16.6. The molecule has 1 aliphatic heterocycles. The molecular formula is C20H20Cl2N2O3. The highest BCUT2D eigenvalue weighted by Crippen LogP contribution is 2.26. The second-order valence-electron chi connectivity index (χ2n) is 6.15. The average Bonchev–Trinajstić information content (AvgIpc) is 3.20. The number of hydrogen-bond donors (Lipinski definition) is 1. The van der Waals surface area contributed by atoms with Gasteiger partial charge in [-0.2, -0.15) is 0 Å². The number of nitrogens with zero attached hydrogens (tertiary/aromatic N) is 1. The van der Waals surface area contributed by atoms with Crippen LogP contribution in [0.25, 0.3) is 0 Å². The quantitative estimate of drug-likeness (QED) is 0.692. The molecule has 3 rings (SSSR count). The maximum atomic E-state index is 11.8. The molecule has 27 heavy (non-hydrogen) atoms. The summed E-state index contributed by atoms with van der Waals surface area (Å²) >= 11 is 11.9. The van der Waals surface area contributed by atoms with Gasteiger partial charge in [0.2, 0.25) is 0 Å². The number of benzene rings is 2. The molecule has 1 heterocycles. The molecule has 1 amide bonds. The molecule has 0 spiro atoms. The predicted molar refractivity (Wildman–Crippen MR) is 108 cm³/mol. The molecule has 0 unspecified atom stereocenters. The Morgan fingerprint density at radius 3 is 2.74 bits per heavy atom. The molecule has 1 saturated heterocycles. The van der Waals surface area contributed by atoms with E-state index >= 15 is 0 Å². The van der Waals surface area contributed by atoms with Crippen LogP contribution in [0.15, 0.2) is 47.5 Å². The van der Waals surface area contributed by atoms with E-state index in [1.165, 1.54) is 0 Å². The first-order valence-corrected chi connectivity index (χ1v) is 9.46. The topological polar surface area (TPSA) is 59.9 Å². The summed E-state index contributed by atoms with van der Waals surface area (Å²) < 4.78 is 11.0. The molecular weight excluding hydrogens is 387 g/mol. The van der Waals surface area contributed by atoms with Gasteiger partial charge in [0.1, 0.15) is 5.75 Å². The van der Waals surface area contributed by atoms with E-state index in [4.69, 9.17) is 32.7 Å². The fourth-order valence-electron chi connectivity index (χ4n) is 2.60. The first-order valence-electron chi connectivity index (χ1n) is 8.70. The number of aliphatic imine (C=N–C) groups is 1. The van der Waals surface area contributed by atoms with Crippen molar-refractivity contribution in [3.05, 3.63) is 58.1 Å². The van der Waals surface area contributed by atoms with Crippen molar-refractivity contribution in [2.45, 2.75) is 18.9 Å². The zero-order chi connectivity index (χ0) is 19.1. The summed E-state index contributed by atoms with van der Waals surface area (Å²) in [5.41, 5.74) is 1.61. The van der Waals surface area contributed by atoms with Crippen LogP contribution in [-0.2, 0) is 9.53 Å². The maximum Gasteiger partial charge on any atom is 0.258 e. The largest absolute Gasteiger partial charge is 0.484 e. The Labute approximate surface area is 168 Å². The van der Waals surface area contributed by atoms with Gasteiger partial charge in [0, 0.05) is 19.4 Å². The molecule has 0 bridgehead atoms. The Balaban J connectivity index is 1.45. The highest BCUT2D eigenvalue weighted by molar-refractivity contribution is 6.42. The lowest BCUT2D eigenvalue weighted by molar-refractivity contribution is -0.123. The number of halogens is 2. The Morgan fingerprint density at radius 2 is 2.04 bits per heavy atom. The molecule has 0 radical (unpaired) electrons. The van der Waals surface area contributed by atoms with Crippen LogP contribution in [0, 0.1) is 0 Å². The standard InChI is InChI=1S/C20H20Cl2N2O3/c21-18-8-5-15(10-19(18)22)23-11-14-3-6-16(7-4-14)27-13-20(25)24-12-17-2-1-9-26-17/h3-8,10-11,17H,1-2,9,12-13H2,(H,24,25)/t17-/m0/s1. The van der Waals surface area contributed by atoms with Crippen LogP contribution >= 0.6 is 23.2 Å².